The lowest BCUT2D eigenvalue weighted by atomic mass is 9.96. The van der Waals surface area contributed by atoms with E-state index in [4.69, 9.17) is 0 Å². The minimum Gasteiger partial charge on any atom is -0.320 e. The number of nitrogens with zero attached hydrogens (tertiary/aromatic N) is 2. The first kappa shape index (κ1) is 22.9. The van der Waals surface area contributed by atoms with Gasteiger partial charge < -0.3 is 16.0 Å². The van der Waals surface area contributed by atoms with Gasteiger partial charge in [-0.15, -0.1) is 0 Å². The van der Waals surface area contributed by atoms with E-state index in [2.05, 4.69) is 16.0 Å². The molecule has 0 fully saturated rings. The second kappa shape index (κ2) is 8.98. The third-order valence-corrected chi connectivity index (χ3v) is 4.06. The Morgan fingerprint density at radius 1 is 0.710 bits per heavy atom. The Balaban J connectivity index is 3.19. The van der Waals surface area contributed by atoms with Crippen molar-refractivity contribution in [3.63, 3.8) is 0 Å². The number of hydrogen-bond donors (Lipinski definition) is 3. The first-order valence-corrected chi connectivity index (χ1v) is 8.86. The molecule has 0 atom stereocenters. The maximum Gasteiger partial charge on any atom is 0.323 e. The molecule has 2 rings (SSSR count). The minimum absolute atomic E-state index is 0.141. The molecule has 0 spiro atoms. The number of nitro groups is 2. The van der Waals surface area contributed by atoms with Gasteiger partial charge in [-0.3, -0.25) is 34.6 Å². The van der Waals surface area contributed by atoms with Gasteiger partial charge in [0.05, 0.1) is 9.85 Å². The van der Waals surface area contributed by atoms with Crippen LogP contribution >= 0.6 is 0 Å². The summed E-state index contributed by atoms with van der Waals surface area (Å²) in [5.74, 6) is -2.22. The predicted octanol–water partition coefficient (Wildman–Crippen LogP) is 3.35. The van der Waals surface area contributed by atoms with Crippen LogP contribution in [0, 0.1) is 27.2 Å². The van der Waals surface area contributed by atoms with Crippen LogP contribution in [0.1, 0.15) is 26.3 Å². The number of anilines is 3. The van der Waals surface area contributed by atoms with Crippen LogP contribution in [0.4, 0.5) is 28.4 Å². The summed E-state index contributed by atoms with van der Waals surface area (Å²) >= 11 is 0. The van der Waals surface area contributed by atoms with E-state index in [-0.39, 0.29) is 11.1 Å². The van der Waals surface area contributed by atoms with E-state index in [1.54, 1.807) is 19.1 Å². The largest absolute Gasteiger partial charge is 0.323 e. The van der Waals surface area contributed by atoms with Crippen LogP contribution < -0.4 is 16.0 Å². The summed E-state index contributed by atoms with van der Waals surface area (Å²) in [7, 11) is 0. The Morgan fingerprint density at radius 2 is 1.06 bits per heavy atom. The lowest BCUT2D eigenvalue weighted by molar-refractivity contribution is -0.391. The molecule has 0 radical (unpaired) electrons. The van der Waals surface area contributed by atoms with Gasteiger partial charge in [0, 0.05) is 26.3 Å². The van der Waals surface area contributed by atoms with Crippen LogP contribution in [0.15, 0.2) is 24.3 Å². The Kier molecular flexibility index (Phi) is 6.65. The van der Waals surface area contributed by atoms with E-state index in [0.29, 0.717) is 0 Å². The van der Waals surface area contributed by atoms with Gasteiger partial charge >= 0.3 is 11.4 Å². The van der Waals surface area contributed by atoms with Gasteiger partial charge in [0.1, 0.15) is 11.4 Å². The van der Waals surface area contributed by atoms with Crippen LogP contribution in [0.25, 0.3) is 11.1 Å². The second-order valence-corrected chi connectivity index (χ2v) is 6.62. The molecule has 2 aromatic rings. The topological polar surface area (TPSA) is 174 Å². The smallest absolute Gasteiger partial charge is 0.320 e. The summed E-state index contributed by atoms with van der Waals surface area (Å²) < 4.78 is 0. The molecule has 3 amide bonds. The molecule has 0 heterocycles. The molecule has 3 N–H and O–H groups in total. The van der Waals surface area contributed by atoms with Crippen molar-refractivity contribution in [1.29, 1.82) is 0 Å². The van der Waals surface area contributed by atoms with Gasteiger partial charge in [0.25, 0.3) is 0 Å². The predicted molar refractivity (Wildman–Crippen MR) is 113 cm³/mol. The number of nitro benzene ring substituents is 2. The highest BCUT2D eigenvalue weighted by atomic mass is 16.6. The molecule has 0 unspecified atom stereocenters. The van der Waals surface area contributed by atoms with Crippen LogP contribution in [0.3, 0.4) is 0 Å². The third-order valence-electron chi connectivity index (χ3n) is 4.06. The van der Waals surface area contributed by atoms with Crippen molar-refractivity contribution in [2.24, 2.45) is 0 Å². The highest BCUT2D eigenvalue weighted by Gasteiger charge is 2.39. The summed E-state index contributed by atoms with van der Waals surface area (Å²) in [5.41, 5.74) is -2.38. The second-order valence-electron chi connectivity index (χ2n) is 6.62. The first-order valence-electron chi connectivity index (χ1n) is 8.86. The standard InChI is InChI=1S/C19H19N5O7/c1-9-5-7-13(8-6-9)14-15(20-10(2)25)18(23(28)29)17(22-12(4)27)19(24(30)31)16(14)21-11(3)26/h5-8H,1-4H3,(H,20,25)(H,21,26)(H,22,27). The molecule has 12 nitrogen and oxygen atoms in total. The fourth-order valence-corrected chi connectivity index (χ4v) is 2.99. The number of carbonyl (C=O) groups excluding carboxylic acids is 3. The Bertz CT molecular complexity index is 1050. The SMILES string of the molecule is CC(=O)Nc1c(-c2ccc(C)cc2)c(NC(C)=O)c([N+](=O)[O-])c(NC(C)=O)c1[N+](=O)[O-]. The molecule has 31 heavy (non-hydrogen) atoms. The van der Waals surface area contributed by atoms with Crippen molar-refractivity contribution < 1.29 is 24.2 Å². The molecule has 2 aromatic carbocycles. The summed E-state index contributed by atoms with van der Waals surface area (Å²) in [6, 6.07) is 6.38. The molecule has 0 aliphatic rings. The Hall–Kier alpha value is -4.35. The van der Waals surface area contributed by atoms with Gasteiger partial charge in [0.15, 0.2) is 0 Å². The van der Waals surface area contributed by atoms with Gasteiger partial charge in [-0.2, -0.15) is 0 Å². The number of rotatable bonds is 6. The molecule has 0 aliphatic heterocycles. The average molecular weight is 429 g/mol. The van der Waals surface area contributed by atoms with Crippen molar-refractivity contribution in [3.8, 4) is 11.1 Å². The average Bonchev–Trinajstić information content (AvgIpc) is 2.61. The Morgan fingerprint density at radius 3 is 1.39 bits per heavy atom. The number of amides is 3. The number of benzene rings is 2. The summed E-state index contributed by atoms with van der Waals surface area (Å²) in [6.45, 7) is 5.00. The highest BCUT2D eigenvalue weighted by molar-refractivity contribution is 6.14. The van der Waals surface area contributed by atoms with Gasteiger partial charge in [-0.25, -0.2) is 0 Å². The van der Waals surface area contributed by atoms with Gasteiger partial charge in [-0.1, -0.05) is 29.8 Å². The fraction of sp³-hybridized carbons (Fsp3) is 0.211. The van der Waals surface area contributed by atoms with E-state index in [0.717, 1.165) is 26.3 Å². The summed E-state index contributed by atoms with van der Waals surface area (Å²) in [4.78, 5) is 57.4. The highest BCUT2D eigenvalue weighted by Crippen LogP contribution is 2.53. The molecule has 0 saturated carbocycles. The van der Waals surface area contributed by atoms with Gasteiger partial charge in [-0.05, 0) is 12.5 Å². The van der Waals surface area contributed by atoms with Crippen molar-refractivity contribution in [2.45, 2.75) is 27.7 Å². The molecule has 0 saturated heterocycles. The lowest BCUT2D eigenvalue weighted by Crippen LogP contribution is -2.18. The van der Waals surface area contributed by atoms with Crippen LogP contribution in [-0.4, -0.2) is 27.6 Å². The van der Waals surface area contributed by atoms with E-state index in [1.807, 2.05) is 0 Å². The van der Waals surface area contributed by atoms with Crippen molar-refractivity contribution in [3.05, 3.63) is 50.1 Å². The van der Waals surface area contributed by atoms with E-state index >= 15 is 0 Å². The number of carbonyl (C=O) groups is 3. The summed E-state index contributed by atoms with van der Waals surface area (Å²) in [6.07, 6.45) is 0. The fourth-order valence-electron chi connectivity index (χ4n) is 2.99. The molecular weight excluding hydrogens is 410 g/mol. The Labute approximate surface area is 175 Å². The number of aryl methyl sites for hydroxylation is 1. The molecule has 0 bridgehead atoms. The molecule has 162 valence electrons. The van der Waals surface area contributed by atoms with Gasteiger partial charge in [0.2, 0.25) is 23.4 Å². The minimum atomic E-state index is -0.946. The van der Waals surface area contributed by atoms with Crippen LogP contribution in [0.2, 0.25) is 0 Å². The van der Waals surface area contributed by atoms with E-state index in [1.165, 1.54) is 12.1 Å². The molecule has 0 aromatic heterocycles. The third kappa shape index (κ3) is 4.98. The molecule has 0 aliphatic carbocycles. The van der Waals surface area contributed by atoms with E-state index in [9.17, 15) is 34.6 Å². The van der Waals surface area contributed by atoms with Crippen molar-refractivity contribution >= 4 is 46.2 Å². The zero-order valence-electron chi connectivity index (χ0n) is 17.1. The maximum absolute atomic E-state index is 11.9. The van der Waals surface area contributed by atoms with E-state index < -0.39 is 56.0 Å². The zero-order valence-corrected chi connectivity index (χ0v) is 17.1. The first-order chi connectivity index (χ1) is 14.4. The summed E-state index contributed by atoms with van der Waals surface area (Å²) in [5, 5.41) is 30.6. The van der Waals surface area contributed by atoms with Crippen LogP contribution in [0.5, 0.6) is 0 Å². The number of hydrogen-bond acceptors (Lipinski definition) is 7. The lowest BCUT2D eigenvalue weighted by Gasteiger charge is -2.19. The quantitative estimate of drug-likeness (QED) is 0.466. The molecule has 12 heteroatoms. The maximum atomic E-state index is 11.9. The monoisotopic (exact) mass is 429 g/mol. The normalized spacial score (nSPS) is 10.2. The number of nitrogens with one attached hydrogen (secondary N) is 3. The van der Waals surface area contributed by atoms with Crippen molar-refractivity contribution in [1.82, 2.24) is 0 Å². The van der Waals surface area contributed by atoms with Crippen molar-refractivity contribution in [2.75, 3.05) is 16.0 Å². The zero-order chi connectivity index (χ0) is 23.5. The molecular formula is C19H19N5O7. The van der Waals surface area contributed by atoms with Crippen LogP contribution in [-0.2, 0) is 14.4 Å².